The number of ether oxygens (including phenoxy) is 1. The van der Waals surface area contributed by atoms with Crippen LogP contribution < -0.4 is 11.1 Å². The highest BCUT2D eigenvalue weighted by Crippen LogP contribution is 2.46. The predicted octanol–water partition coefficient (Wildman–Crippen LogP) is 5.17. The minimum absolute atomic E-state index is 0.0339. The number of benzene rings is 1. The summed E-state index contributed by atoms with van der Waals surface area (Å²) >= 11 is 4.69. The minimum atomic E-state index is -0.533. The third-order valence-electron chi connectivity index (χ3n) is 5.78. The van der Waals surface area contributed by atoms with Crippen LogP contribution in [-0.2, 0) is 4.74 Å². The third kappa shape index (κ3) is 3.49. The van der Waals surface area contributed by atoms with Gasteiger partial charge in [-0.05, 0) is 67.9 Å². The number of carbonyl (C=O) groups is 1. The van der Waals surface area contributed by atoms with E-state index in [1.54, 1.807) is 4.90 Å². The average Bonchev–Trinajstić information content (AvgIpc) is 3.24. The van der Waals surface area contributed by atoms with E-state index in [0.29, 0.717) is 38.7 Å². The molecule has 1 aromatic heterocycles. The number of fused-ring (bicyclic) bond motifs is 2. The first kappa shape index (κ1) is 21.5. The number of nitrogens with two attached hydrogens (primary N) is 1. The monoisotopic (exact) mass is 496 g/mol. The van der Waals surface area contributed by atoms with Crippen molar-refractivity contribution in [3.63, 3.8) is 0 Å². The number of carbonyl (C=O) groups excluding carboxylic acids is 1. The number of hydrogen-bond acceptors (Lipinski definition) is 6. The molecule has 2 aliphatic heterocycles. The molecule has 3 N–H and O–H groups in total. The van der Waals surface area contributed by atoms with E-state index in [1.807, 2.05) is 40.0 Å². The van der Waals surface area contributed by atoms with Gasteiger partial charge in [0.1, 0.15) is 16.1 Å². The molecule has 1 saturated carbocycles. The molecule has 1 aromatic carbocycles. The van der Waals surface area contributed by atoms with Gasteiger partial charge in [-0.3, -0.25) is 0 Å². The highest BCUT2D eigenvalue weighted by molar-refractivity contribution is 9.10. The second kappa shape index (κ2) is 7.44. The molecule has 162 valence electrons. The van der Waals surface area contributed by atoms with Gasteiger partial charge in [-0.1, -0.05) is 0 Å². The molecule has 0 radical (unpaired) electrons. The van der Waals surface area contributed by atoms with E-state index in [0.717, 1.165) is 12.0 Å². The van der Waals surface area contributed by atoms with Gasteiger partial charge in [-0.25, -0.2) is 14.2 Å². The first-order valence-electron chi connectivity index (χ1n) is 9.89. The van der Waals surface area contributed by atoms with Gasteiger partial charge in [0.2, 0.25) is 0 Å². The fraction of sp³-hybridized carbons (Fsp3) is 0.524. The van der Waals surface area contributed by atoms with Crippen molar-refractivity contribution < 1.29 is 13.9 Å². The van der Waals surface area contributed by atoms with Crippen molar-refractivity contribution in [2.75, 3.05) is 23.9 Å². The maximum Gasteiger partial charge on any atom is 0.410 e. The van der Waals surface area contributed by atoms with E-state index in [9.17, 15) is 9.18 Å². The molecule has 2 aromatic rings. The highest BCUT2D eigenvalue weighted by Gasteiger charge is 2.55. The topological polar surface area (TPSA) is 80.5 Å². The van der Waals surface area contributed by atoms with E-state index < -0.39 is 11.4 Å². The molecular weight excluding hydrogens is 471 g/mol. The third-order valence-corrected chi connectivity index (χ3v) is 7.45. The standard InChI is InChI=1S/C21H26BrFN4O2S/c1-9-6-11-17(14(23)13(9)22)26-19(30-5)15(24)18(11)25-16-10-7-12(16)27(8-10)20(28)29-21(2,3)4/h6,10,12,16H,7-8,24H2,1-5H3,(H,25,26). The predicted molar refractivity (Wildman–Crippen MR) is 123 cm³/mol. The molecule has 3 aliphatic rings. The molecule has 0 spiro atoms. The summed E-state index contributed by atoms with van der Waals surface area (Å²) in [6.07, 6.45) is 2.50. The molecule has 1 amide bonds. The average molecular weight is 497 g/mol. The maximum atomic E-state index is 15.0. The van der Waals surface area contributed by atoms with Gasteiger partial charge >= 0.3 is 6.09 Å². The number of hydrogen-bond donors (Lipinski definition) is 2. The molecule has 3 fully saturated rings. The summed E-state index contributed by atoms with van der Waals surface area (Å²) in [7, 11) is 0. The van der Waals surface area contributed by atoms with Crippen LogP contribution in [0.4, 0.5) is 20.6 Å². The Kier molecular flexibility index (Phi) is 5.33. The molecular formula is C21H26BrFN4O2S. The van der Waals surface area contributed by atoms with E-state index >= 15 is 0 Å². The van der Waals surface area contributed by atoms with Crippen LogP contribution in [0.5, 0.6) is 0 Å². The number of nitrogens with one attached hydrogen (secondary N) is 1. The van der Waals surface area contributed by atoms with Crippen molar-refractivity contribution in [1.29, 1.82) is 0 Å². The maximum absolute atomic E-state index is 15.0. The number of anilines is 2. The second-order valence-corrected chi connectivity index (χ2v) is 10.6. The molecule has 3 heterocycles. The summed E-state index contributed by atoms with van der Waals surface area (Å²) in [5, 5.41) is 4.77. The Morgan fingerprint density at radius 3 is 2.80 bits per heavy atom. The van der Waals surface area contributed by atoms with Gasteiger partial charge in [-0.15, -0.1) is 11.8 Å². The quantitative estimate of drug-likeness (QED) is 0.570. The Balaban J connectivity index is 1.68. The Morgan fingerprint density at radius 2 is 2.17 bits per heavy atom. The van der Waals surface area contributed by atoms with Gasteiger partial charge in [0.25, 0.3) is 0 Å². The summed E-state index contributed by atoms with van der Waals surface area (Å²) < 4.78 is 20.9. The molecule has 2 bridgehead atoms. The van der Waals surface area contributed by atoms with Gasteiger partial charge in [0.05, 0.1) is 27.9 Å². The second-order valence-electron chi connectivity index (χ2n) is 8.99. The molecule has 9 heteroatoms. The first-order valence-corrected chi connectivity index (χ1v) is 11.9. The van der Waals surface area contributed by atoms with Crippen LogP contribution in [0.1, 0.15) is 32.8 Å². The van der Waals surface area contributed by atoms with Crippen LogP contribution >= 0.6 is 27.7 Å². The summed E-state index contributed by atoms with van der Waals surface area (Å²) in [5.41, 5.74) is 8.14. The van der Waals surface area contributed by atoms with Gasteiger partial charge in [0.15, 0.2) is 5.82 Å². The lowest BCUT2D eigenvalue weighted by Gasteiger charge is -2.38. The zero-order valence-corrected chi connectivity index (χ0v) is 20.1. The largest absolute Gasteiger partial charge is 0.444 e. The molecule has 30 heavy (non-hydrogen) atoms. The van der Waals surface area contributed by atoms with Crippen molar-refractivity contribution in [2.24, 2.45) is 5.92 Å². The van der Waals surface area contributed by atoms with Gasteiger partial charge < -0.3 is 20.7 Å². The summed E-state index contributed by atoms with van der Waals surface area (Å²) in [4.78, 5) is 18.8. The number of halogens is 2. The number of pyridine rings is 1. The minimum Gasteiger partial charge on any atom is -0.444 e. The van der Waals surface area contributed by atoms with Crippen LogP contribution in [0.25, 0.3) is 10.9 Å². The molecule has 3 unspecified atom stereocenters. The number of aromatic nitrogens is 1. The highest BCUT2D eigenvalue weighted by atomic mass is 79.9. The summed E-state index contributed by atoms with van der Waals surface area (Å²) in [6, 6.07) is 1.98. The number of amides is 1. The van der Waals surface area contributed by atoms with Crippen molar-refractivity contribution in [1.82, 2.24) is 9.88 Å². The molecule has 3 atom stereocenters. The zero-order chi connectivity index (χ0) is 22.0. The molecule has 6 nitrogen and oxygen atoms in total. The Bertz CT molecular complexity index is 1040. The number of nitrogens with zero attached hydrogens (tertiary/aromatic N) is 2. The smallest absolute Gasteiger partial charge is 0.410 e. The number of thioether (sulfide) groups is 1. The van der Waals surface area contributed by atoms with Crippen molar-refractivity contribution in [3.8, 4) is 0 Å². The number of aryl methyl sites for hydroxylation is 1. The van der Waals surface area contributed by atoms with Gasteiger partial charge in [0, 0.05) is 17.8 Å². The molecule has 2 saturated heterocycles. The van der Waals surface area contributed by atoms with E-state index in [4.69, 9.17) is 10.5 Å². The number of nitrogen functional groups attached to an aromatic ring is 1. The van der Waals surface area contributed by atoms with E-state index in [2.05, 4.69) is 26.2 Å². The lowest BCUT2D eigenvalue weighted by atomic mass is 9.79. The number of rotatable bonds is 3. The van der Waals surface area contributed by atoms with E-state index in [1.165, 1.54) is 11.8 Å². The van der Waals surface area contributed by atoms with Crippen molar-refractivity contribution in [2.45, 2.75) is 56.8 Å². The Hall–Kier alpha value is -1.74. The van der Waals surface area contributed by atoms with Crippen molar-refractivity contribution >= 4 is 56.1 Å². The Morgan fingerprint density at radius 1 is 1.47 bits per heavy atom. The fourth-order valence-electron chi connectivity index (χ4n) is 4.30. The molecule has 5 rings (SSSR count). The summed E-state index contributed by atoms with van der Waals surface area (Å²) in [6.45, 7) is 8.08. The van der Waals surface area contributed by atoms with Gasteiger partial charge in [-0.2, -0.15) is 0 Å². The normalized spacial score (nSPS) is 22.9. The van der Waals surface area contributed by atoms with Crippen LogP contribution in [0.2, 0.25) is 0 Å². The van der Waals surface area contributed by atoms with E-state index in [-0.39, 0.29) is 23.7 Å². The summed E-state index contributed by atoms with van der Waals surface area (Å²) in [5.74, 6) is -0.0837. The zero-order valence-electron chi connectivity index (χ0n) is 17.7. The first-order chi connectivity index (χ1) is 14.0. The lowest BCUT2D eigenvalue weighted by Crippen LogP contribution is -2.50. The molecule has 1 aliphatic carbocycles. The SMILES string of the molecule is CSc1nc2c(F)c(Br)c(C)cc2c(NC2C3CC2N(C(=O)OC(C)(C)C)C3)c1N. The van der Waals surface area contributed by atoms with Crippen LogP contribution in [0.3, 0.4) is 0 Å². The van der Waals surface area contributed by atoms with Crippen molar-refractivity contribution in [3.05, 3.63) is 21.9 Å². The Labute approximate surface area is 188 Å². The van der Waals surface area contributed by atoms with Crippen LogP contribution in [-0.4, -0.2) is 46.5 Å². The fourth-order valence-corrected chi connectivity index (χ4v) is 5.11. The van der Waals surface area contributed by atoms with Crippen LogP contribution in [0, 0.1) is 18.7 Å². The van der Waals surface area contributed by atoms with Crippen LogP contribution in [0.15, 0.2) is 15.6 Å². The lowest BCUT2D eigenvalue weighted by molar-refractivity contribution is 0.0239.